The van der Waals surface area contributed by atoms with Crippen molar-refractivity contribution in [3.05, 3.63) is 16.4 Å². The van der Waals surface area contributed by atoms with Crippen molar-refractivity contribution in [3.8, 4) is 0 Å². The molecule has 114 valence electrons. The molecule has 2 atom stereocenters. The van der Waals surface area contributed by atoms with Gasteiger partial charge in [0.2, 0.25) is 0 Å². The number of methoxy groups -OCH3 is 1. The summed E-state index contributed by atoms with van der Waals surface area (Å²) >= 11 is 5.76. The van der Waals surface area contributed by atoms with Crippen LogP contribution in [0.1, 0.15) is 37.9 Å². The maximum Gasteiger partial charge on any atom is 0.0708 e. The summed E-state index contributed by atoms with van der Waals surface area (Å²) in [5.41, 5.74) is 1.27. The van der Waals surface area contributed by atoms with Crippen molar-refractivity contribution in [2.45, 2.75) is 44.0 Å². The number of thioether (sulfide) groups is 1. The predicted molar refractivity (Wildman–Crippen MR) is 88.3 cm³/mol. The summed E-state index contributed by atoms with van der Waals surface area (Å²) in [7, 11) is 1.73. The molecule has 1 saturated heterocycles. The van der Waals surface area contributed by atoms with Crippen LogP contribution in [-0.2, 0) is 11.3 Å². The van der Waals surface area contributed by atoms with Crippen molar-refractivity contribution in [1.82, 2.24) is 15.1 Å². The van der Waals surface area contributed by atoms with Gasteiger partial charge in [0, 0.05) is 12.4 Å². The first-order valence-corrected chi connectivity index (χ1v) is 9.17. The lowest BCUT2D eigenvalue weighted by Crippen LogP contribution is -2.32. The number of hydrogen-bond acceptors (Lipinski definition) is 4. The van der Waals surface area contributed by atoms with Gasteiger partial charge in [-0.15, -0.1) is 0 Å². The summed E-state index contributed by atoms with van der Waals surface area (Å²) in [6.45, 7) is 4.76. The number of rotatable bonds is 8. The van der Waals surface area contributed by atoms with Crippen LogP contribution in [-0.4, -0.2) is 41.0 Å². The summed E-state index contributed by atoms with van der Waals surface area (Å²) in [5.74, 6) is 1.28. The van der Waals surface area contributed by atoms with Gasteiger partial charge in [-0.1, -0.05) is 6.92 Å². The van der Waals surface area contributed by atoms with Crippen molar-refractivity contribution in [2.24, 2.45) is 0 Å². The van der Waals surface area contributed by atoms with E-state index in [0.29, 0.717) is 17.9 Å². The van der Waals surface area contributed by atoms with Crippen LogP contribution in [0.25, 0.3) is 0 Å². The van der Waals surface area contributed by atoms with E-state index >= 15 is 0 Å². The van der Waals surface area contributed by atoms with Gasteiger partial charge in [0.05, 0.1) is 35.6 Å². The Kier molecular flexibility index (Phi) is 6.87. The van der Waals surface area contributed by atoms with Crippen LogP contribution in [0.2, 0.25) is 0 Å². The molecule has 1 aliphatic rings. The van der Waals surface area contributed by atoms with E-state index in [9.17, 15) is 0 Å². The minimum Gasteiger partial charge on any atom is -0.383 e. The zero-order chi connectivity index (χ0) is 14.4. The van der Waals surface area contributed by atoms with E-state index in [1.165, 1.54) is 24.3 Å². The van der Waals surface area contributed by atoms with E-state index in [2.05, 4.69) is 49.7 Å². The van der Waals surface area contributed by atoms with Gasteiger partial charge >= 0.3 is 0 Å². The van der Waals surface area contributed by atoms with Gasteiger partial charge < -0.3 is 10.1 Å². The molecule has 20 heavy (non-hydrogen) atoms. The van der Waals surface area contributed by atoms with E-state index in [4.69, 9.17) is 4.74 Å². The highest BCUT2D eigenvalue weighted by molar-refractivity contribution is 9.10. The Morgan fingerprint density at radius 3 is 3.15 bits per heavy atom. The summed E-state index contributed by atoms with van der Waals surface area (Å²) in [6, 6.07) is 0.371. The Morgan fingerprint density at radius 2 is 2.50 bits per heavy atom. The lowest BCUT2D eigenvalue weighted by molar-refractivity contribution is 0.181. The van der Waals surface area contributed by atoms with E-state index in [1.807, 2.05) is 6.20 Å². The number of nitrogens with one attached hydrogen (secondary N) is 1. The molecule has 4 nitrogen and oxygen atoms in total. The summed E-state index contributed by atoms with van der Waals surface area (Å²) in [4.78, 5) is 0. The highest BCUT2D eigenvalue weighted by Gasteiger charge is 2.30. The summed E-state index contributed by atoms with van der Waals surface area (Å²) < 4.78 is 8.38. The molecule has 1 aliphatic heterocycles. The zero-order valence-corrected chi connectivity index (χ0v) is 14.7. The number of aromatic nitrogens is 2. The molecule has 2 unspecified atom stereocenters. The molecule has 0 bridgehead atoms. The molecule has 2 rings (SSSR count). The largest absolute Gasteiger partial charge is 0.383 e. The van der Waals surface area contributed by atoms with Crippen molar-refractivity contribution in [1.29, 1.82) is 0 Å². The molecule has 0 saturated carbocycles. The first-order chi connectivity index (χ1) is 9.77. The van der Waals surface area contributed by atoms with E-state index in [1.54, 1.807) is 7.11 Å². The fourth-order valence-electron chi connectivity index (χ4n) is 2.61. The van der Waals surface area contributed by atoms with E-state index in [0.717, 1.165) is 24.0 Å². The van der Waals surface area contributed by atoms with Gasteiger partial charge in [-0.2, -0.15) is 16.9 Å². The third kappa shape index (κ3) is 4.00. The zero-order valence-electron chi connectivity index (χ0n) is 12.3. The average molecular weight is 362 g/mol. The van der Waals surface area contributed by atoms with Gasteiger partial charge in [0.1, 0.15) is 0 Å². The quantitative estimate of drug-likeness (QED) is 0.771. The minimum absolute atomic E-state index is 0.371. The molecular weight excluding hydrogens is 338 g/mol. The standard InChI is InChI=1S/C14H24BrN3OS/c1-3-6-16-13(12-5-4-9-20-12)14-11(15)10-17-18(14)7-8-19-2/h10,12-13,16H,3-9H2,1-2H3. The second kappa shape index (κ2) is 8.41. The molecule has 1 fully saturated rings. The Bertz CT molecular complexity index is 407. The lowest BCUT2D eigenvalue weighted by Gasteiger charge is -2.25. The first-order valence-electron chi connectivity index (χ1n) is 7.33. The Morgan fingerprint density at radius 1 is 1.65 bits per heavy atom. The number of ether oxygens (including phenoxy) is 1. The molecule has 1 aromatic heterocycles. The Balaban J connectivity index is 2.19. The molecule has 1 aromatic rings. The molecule has 2 heterocycles. The lowest BCUT2D eigenvalue weighted by atomic mass is 10.1. The van der Waals surface area contributed by atoms with Crippen LogP contribution >= 0.6 is 27.7 Å². The Labute approximate surface area is 134 Å². The second-order valence-electron chi connectivity index (χ2n) is 5.08. The van der Waals surface area contributed by atoms with Gasteiger partial charge in [-0.3, -0.25) is 4.68 Å². The smallest absolute Gasteiger partial charge is 0.0708 e. The van der Waals surface area contributed by atoms with Crippen LogP contribution in [0, 0.1) is 0 Å². The fourth-order valence-corrected chi connectivity index (χ4v) is 4.54. The number of halogens is 1. The van der Waals surface area contributed by atoms with Gasteiger partial charge in [-0.05, 0) is 47.5 Å². The molecular formula is C14H24BrN3OS. The van der Waals surface area contributed by atoms with Crippen molar-refractivity contribution >= 4 is 27.7 Å². The van der Waals surface area contributed by atoms with Crippen LogP contribution in [0.4, 0.5) is 0 Å². The topological polar surface area (TPSA) is 39.1 Å². The van der Waals surface area contributed by atoms with Crippen molar-refractivity contribution in [2.75, 3.05) is 26.0 Å². The van der Waals surface area contributed by atoms with E-state index in [-0.39, 0.29) is 0 Å². The van der Waals surface area contributed by atoms with E-state index < -0.39 is 0 Å². The molecule has 0 radical (unpaired) electrons. The minimum atomic E-state index is 0.371. The van der Waals surface area contributed by atoms with Crippen LogP contribution < -0.4 is 5.32 Å². The van der Waals surface area contributed by atoms with Crippen molar-refractivity contribution in [3.63, 3.8) is 0 Å². The fraction of sp³-hybridized carbons (Fsp3) is 0.786. The second-order valence-corrected chi connectivity index (χ2v) is 7.28. The van der Waals surface area contributed by atoms with Gasteiger partial charge in [-0.25, -0.2) is 0 Å². The van der Waals surface area contributed by atoms with Crippen LogP contribution in [0.5, 0.6) is 0 Å². The third-order valence-electron chi connectivity index (χ3n) is 3.59. The normalized spacial score (nSPS) is 20.4. The van der Waals surface area contributed by atoms with Crippen LogP contribution in [0.15, 0.2) is 10.7 Å². The molecule has 0 spiro atoms. The summed E-state index contributed by atoms with van der Waals surface area (Å²) in [6.07, 6.45) is 5.67. The monoisotopic (exact) mass is 361 g/mol. The summed E-state index contributed by atoms with van der Waals surface area (Å²) in [5, 5.41) is 8.86. The third-order valence-corrected chi connectivity index (χ3v) is 5.66. The maximum atomic E-state index is 5.19. The molecule has 0 amide bonds. The SMILES string of the molecule is CCCNC(c1c(Br)cnn1CCOC)C1CCCS1. The maximum absolute atomic E-state index is 5.19. The van der Waals surface area contributed by atoms with Gasteiger partial charge in [0.15, 0.2) is 0 Å². The first kappa shape index (κ1) is 16.3. The predicted octanol–water partition coefficient (Wildman–Crippen LogP) is 3.23. The Hall–Kier alpha value is -0.0400. The highest BCUT2D eigenvalue weighted by atomic mass is 79.9. The number of nitrogens with zero attached hydrogens (tertiary/aromatic N) is 2. The highest BCUT2D eigenvalue weighted by Crippen LogP contribution is 2.38. The average Bonchev–Trinajstić information content (AvgIpc) is 3.09. The van der Waals surface area contributed by atoms with Crippen LogP contribution in [0.3, 0.4) is 0 Å². The molecule has 6 heteroatoms. The van der Waals surface area contributed by atoms with Gasteiger partial charge in [0.25, 0.3) is 0 Å². The molecule has 0 aliphatic carbocycles. The molecule has 1 N–H and O–H groups in total. The number of hydrogen-bond donors (Lipinski definition) is 1. The van der Waals surface area contributed by atoms with Crippen molar-refractivity contribution < 1.29 is 4.74 Å². The molecule has 0 aromatic carbocycles.